The highest BCUT2D eigenvalue weighted by Gasteiger charge is 2.46. The number of hydrogen-bond acceptors (Lipinski definition) is 4. The summed E-state index contributed by atoms with van der Waals surface area (Å²) in [6.45, 7) is 2.13. The van der Waals surface area contributed by atoms with Crippen LogP contribution in [0.4, 0.5) is 0 Å². The molecule has 2 aliphatic heterocycles. The summed E-state index contributed by atoms with van der Waals surface area (Å²) < 4.78 is 4.81. The molecule has 3 unspecified atom stereocenters. The van der Waals surface area contributed by atoms with Gasteiger partial charge >= 0.3 is 5.97 Å². The van der Waals surface area contributed by atoms with Gasteiger partial charge in [0.2, 0.25) is 5.91 Å². The molecule has 2 bridgehead atoms. The maximum Gasteiger partial charge on any atom is 0.306 e. The van der Waals surface area contributed by atoms with Gasteiger partial charge in [-0.3, -0.25) is 9.59 Å². The number of esters is 1. The summed E-state index contributed by atoms with van der Waals surface area (Å²) >= 11 is 0. The molecule has 0 aromatic rings. The van der Waals surface area contributed by atoms with E-state index in [0.29, 0.717) is 12.6 Å². The zero-order chi connectivity index (χ0) is 12.4. The van der Waals surface area contributed by atoms with Gasteiger partial charge in [-0.2, -0.15) is 0 Å². The topological polar surface area (TPSA) is 72.6 Å². The van der Waals surface area contributed by atoms with Crippen molar-refractivity contribution < 1.29 is 14.3 Å². The van der Waals surface area contributed by atoms with Crippen LogP contribution >= 0.6 is 0 Å². The lowest BCUT2D eigenvalue weighted by atomic mass is 9.97. The lowest BCUT2D eigenvalue weighted by molar-refractivity contribution is -0.146. The number of carbonyl (C=O) groups is 2. The molecule has 2 N–H and O–H groups in total. The third-order valence-corrected chi connectivity index (χ3v) is 3.72. The lowest BCUT2D eigenvalue weighted by Crippen LogP contribution is -2.40. The van der Waals surface area contributed by atoms with Gasteiger partial charge in [0, 0.05) is 24.5 Å². The van der Waals surface area contributed by atoms with Crippen molar-refractivity contribution in [2.75, 3.05) is 6.61 Å². The van der Waals surface area contributed by atoms with Crippen LogP contribution in [0.3, 0.4) is 0 Å². The Balaban J connectivity index is 1.83. The number of rotatable bonds is 4. The van der Waals surface area contributed by atoms with Crippen LogP contribution in [0.5, 0.6) is 0 Å². The average Bonchev–Trinajstić information content (AvgIpc) is 2.82. The fourth-order valence-corrected chi connectivity index (χ4v) is 2.99. The zero-order valence-corrected chi connectivity index (χ0v) is 10.2. The second-order valence-electron chi connectivity index (χ2n) is 4.80. The van der Waals surface area contributed by atoms with E-state index in [9.17, 15) is 9.59 Å². The minimum Gasteiger partial charge on any atom is -0.466 e. The summed E-state index contributed by atoms with van der Waals surface area (Å²) in [5.41, 5.74) is 5.97. The van der Waals surface area contributed by atoms with Gasteiger partial charge in [-0.15, -0.1) is 0 Å². The number of hydrogen-bond donors (Lipinski definition) is 1. The van der Waals surface area contributed by atoms with Crippen molar-refractivity contribution in [3.8, 4) is 0 Å². The van der Waals surface area contributed by atoms with E-state index in [1.165, 1.54) is 0 Å². The van der Waals surface area contributed by atoms with E-state index in [4.69, 9.17) is 10.5 Å². The molecule has 17 heavy (non-hydrogen) atoms. The molecule has 1 amide bonds. The van der Waals surface area contributed by atoms with E-state index in [0.717, 1.165) is 19.3 Å². The predicted molar refractivity (Wildman–Crippen MR) is 62.1 cm³/mol. The molecule has 2 heterocycles. The van der Waals surface area contributed by atoms with E-state index in [1.807, 2.05) is 4.90 Å². The molecule has 0 aromatic heterocycles. The molecule has 3 atom stereocenters. The fourth-order valence-electron chi connectivity index (χ4n) is 2.99. The van der Waals surface area contributed by atoms with Gasteiger partial charge in [-0.25, -0.2) is 0 Å². The molecule has 96 valence electrons. The summed E-state index contributed by atoms with van der Waals surface area (Å²) in [6.07, 6.45) is 3.41. The normalized spacial score (nSPS) is 30.7. The van der Waals surface area contributed by atoms with Crippen LogP contribution in [0.1, 0.15) is 39.0 Å². The first kappa shape index (κ1) is 12.4. The third-order valence-electron chi connectivity index (χ3n) is 3.72. The van der Waals surface area contributed by atoms with Crippen molar-refractivity contribution >= 4 is 11.9 Å². The number of ether oxygens (including phenoxy) is 1. The largest absolute Gasteiger partial charge is 0.466 e. The molecule has 2 aliphatic rings. The summed E-state index contributed by atoms with van der Waals surface area (Å²) in [4.78, 5) is 25.1. The third kappa shape index (κ3) is 2.44. The van der Waals surface area contributed by atoms with Crippen molar-refractivity contribution in [2.45, 2.75) is 57.2 Å². The molecule has 2 fully saturated rings. The molecule has 2 saturated heterocycles. The van der Waals surface area contributed by atoms with Crippen LogP contribution in [0.25, 0.3) is 0 Å². The summed E-state index contributed by atoms with van der Waals surface area (Å²) in [6, 6.07) is 0.639. The summed E-state index contributed by atoms with van der Waals surface area (Å²) in [5, 5.41) is 0. The smallest absolute Gasteiger partial charge is 0.306 e. The number of carbonyl (C=O) groups excluding carboxylic acids is 2. The molecule has 0 spiro atoms. The lowest BCUT2D eigenvalue weighted by Gasteiger charge is -2.22. The number of nitrogens with two attached hydrogens (primary N) is 1. The molecule has 0 saturated carbocycles. The van der Waals surface area contributed by atoms with E-state index in [-0.39, 0.29) is 36.8 Å². The second kappa shape index (κ2) is 5.04. The van der Waals surface area contributed by atoms with E-state index >= 15 is 0 Å². The Labute approximate surface area is 101 Å². The second-order valence-corrected chi connectivity index (χ2v) is 4.80. The molecular formula is C12H20N2O3. The van der Waals surface area contributed by atoms with Crippen molar-refractivity contribution in [3.05, 3.63) is 0 Å². The van der Waals surface area contributed by atoms with Gasteiger partial charge in [-0.05, 0) is 26.2 Å². The van der Waals surface area contributed by atoms with E-state index in [1.54, 1.807) is 6.92 Å². The molecule has 0 aromatic carbocycles. The highest BCUT2D eigenvalue weighted by Crippen LogP contribution is 2.37. The maximum absolute atomic E-state index is 12.0. The standard InChI is InChI=1S/C12H20N2O3/c1-2-17-12(16)6-5-11(15)14-8-3-4-10(14)9(13)7-8/h8-10H,2-7,13H2,1H3. The van der Waals surface area contributed by atoms with Crippen LogP contribution in [0.2, 0.25) is 0 Å². The Kier molecular flexibility index (Phi) is 3.66. The van der Waals surface area contributed by atoms with Gasteiger partial charge in [0.25, 0.3) is 0 Å². The minimum absolute atomic E-state index is 0.0542. The number of amides is 1. The SMILES string of the molecule is CCOC(=O)CCC(=O)N1C2CCC1C(N)C2. The van der Waals surface area contributed by atoms with Gasteiger partial charge < -0.3 is 15.4 Å². The van der Waals surface area contributed by atoms with Crippen LogP contribution in [-0.2, 0) is 14.3 Å². The van der Waals surface area contributed by atoms with Crippen molar-refractivity contribution in [1.82, 2.24) is 4.90 Å². The van der Waals surface area contributed by atoms with Gasteiger partial charge in [-0.1, -0.05) is 0 Å². The number of fused-ring (bicyclic) bond motifs is 2. The fraction of sp³-hybridized carbons (Fsp3) is 0.833. The van der Waals surface area contributed by atoms with E-state index < -0.39 is 0 Å². The minimum atomic E-state index is -0.295. The molecular weight excluding hydrogens is 220 g/mol. The maximum atomic E-state index is 12.0. The quantitative estimate of drug-likeness (QED) is 0.723. The van der Waals surface area contributed by atoms with Gasteiger partial charge in [0.15, 0.2) is 0 Å². The van der Waals surface area contributed by atoms with E-state index in [2.05, 4.69) is 0 Å². The first-order valence-corrected chi connectivity index (χ1v) is 6.35. The highest BCUT2D eigenvalue weighted by molar-refractivity contribution is 5.82. The molecule has 2 rings (SSSR count). The van der Waals surface area contributed by atoms with Crippen molar-refractivity contribution in [2.24, 2.45) is 5.73 Å². The predicted octanol–water partition coefficient (Wildman–Crippen LogP) is 0.420. The summed E-state index contributed by atoms with van der Waals surface area (Å²) in [7, 11) is 0. The Morgan fingerprint density at radius 1 is 1.35 bits per heavy atom. The van der Waals surface area contributed by atoms with Crippen molar-refractivity contribution in [1.29, 1.82) is 0 Å². The van der Waals surface area contributed by atoms with Crippen LogP contribution < -0.4 is 5.73 Å². The van der Waals surface area contributed by atoms with Crippen molar-refractivity contribution in [3.63, 3.8) is 0 Å². The van der Waals surface area contributed by atoms with Gasteiger partial charge in [0.1, 0.15) is 0 Å². The Morgan fingerprint density at radius 2 is 2.12 bits per heavy atom. The average molecular weight is 240 g/mol. The molecule has 0 radical (unpaired) electrons. The van der Waals surface area contributed by atoms with Gasteiger partial charge in [0.05, 0.1) is 13.0 Å². The Hall–Kier alpha value is -1.10. The molecule has 5 heteroatoms. The first-order chi connectivity index (χ1) is 8.13. The monoisotopic (exact) mass is 240 g/mol. The molecule has 5 nitrogen and oxygen atoms in total. The first-order valence-electron chi connectivity index (χ1n) is 6.35. The molecule has 0 aliphatic carbocycles. The van der Waals surface area contributed by atoms with Crippen LogP contribution in [0.15, 0.2) is 0 Å². The Bertz CT molecular complexity index is 319. The summed E-state index contributed by atoms with van der Waals surface area (Å²) in [5.74, 6) is -0.241. The van der Waals surface area contributed by atoms with Crippen LogP contribution in [0, 0.1) is 0 Å². The van der Waals surface area contributed by atoms with Crippen LogP contribution in [-0.4, -0.2) is 41.5 Å². The Morgan fingerprint density at radius 3 is 2.65 bits per heavy atom. The highest BCUT2D eigenvalue weighted by atomic mass is 16.5. The number of nitrogens with zero attached hydrogens (tertiary/aromatic N) is 1. The zero-order valence-electron chi connectivity index (χ0n) is 10.2.